The maximum atomic E-state index is 12.2. The van der Waals surface area contributed by atoms with Gasteiger partial charge in [-0.25, -0.2) is 4.79 Å². The first-order chi connectivity index (χ1) is 9.98. The van der Waals surface area contributed by atoms with E-state index in [0.29, 0.717) is 31.8 Å². The molecular formula is C14H16N2O5. The molecule has 1 aliphatic rings. The van der Waals surface area contributed by atoms with Gasteiger partial charge in [-0.15, -0.1) is 0 Å². The fraction of sp³-hybridized carbons (Fsp3) is 0.500. The molecule has 1 aromatic rings. The van der Waals surface area contributed by atoms with Crippen LogP contribution in [-0.2, 0) is 16.1 Å². The second kappa shape index (κ2) is 5.97. The number of nitriles is 1. The van der Waals surface area contributed by atoms with Crippen molar-refractivity contribution in [1.82, 2.24) is 5.32 Å². The van der Waals surface area contributed by atoms with Crippen molar-refractivity contribution < 1.29 is 23.8 Å². The molecular weight excluding hydrogens is 276 g/mol. The van der Waals surface area contributed by atoms with Gasteiger partial charge in [0.15, 0.2) is 0 Å². The lowest BCUT2D eigenvalue weighted by atomic mass is 9.81. The van der Waals surface area contributed by atoms with Crippen molar-refractivity contribution in [2.24, 2.45) is 5.41 Å². The third-order valence-electron chi connectivity index (χ3n) is 3.62. The van der Waals surface area contributed by atoms with E-state index < -0.39 is 11.4 Å². The van der Waals surface area contributed by atoms with Crippen LogP contribution in [0.4, 0.5) is 0 Å². The van der Waals surface area contributed by atoms with E-state index in [2.05, 4.69) is 11.4 Å². The number of nitrogens with one attached hydrogen (secondary N) is 1. The van der Waals surface area contributed by atoms with Crippen LogP contribution in [0, 0.1) is 23.7 Å². The normalized spacial score (nSPS) is 17.0. The van der Waals surface area contributed by atoms with Gasteiger partial charge in [-0.3, -0.25) is 4.79 Å². The highest BCUT2D eigenvalue weighted by molar-refractivity contribution is 5.89. The Balaban J connectivity index is 2.02. The van der Waals surface area contributed by atoms with E-state index in [4.69, 9.17) is 14.3 Å². The lowest BCUT2D eigenvalue weighted by Crippen LogP contribution is -2.43. The van der Waals surface area contributed by atoms with Gasteiger partial charge in [-0.2, -0.15) is 5.26 Å². The van der Waals surface area contributed by atoms with Crippen LogP contribution in [-0.4, -0.2) is 30.2 Å². The molecule has 2 N–H and O–H groups in total. The monoisotopic (exact) mass is 292 g/mol. The molecule has 7 heteroatoms. The zero-order valence-corrected chi connectivity index (χ0v) is 11.6. The van der Waals surface area contributed by atoms with Crippen molar-refractivity contribution >= 4 is 11.9 Å². The molecule has 0 atom stereocenters. The van der Waals surface area contributed by atoms with E-state index in [1.807, 2.05) is 0 Å². The number of amides is 1. The first-order valence-corrected chi connectivity index (χ1v) is 6.58. The number of carbonyl (C=O) groups is 2. The van der Waals surface area contributed by atoms with Crippen LogP contribution in [0.1, 0.15) is 34.7 Å². The summed E-state index contributed by atoms with van der Waals surface area (Å²) in [5.41, 5.74) is -1.00. The summed E-state index contributed by atoms with van der Waals surface area (Å²) in [5.74, 6) is -0.822. The molecule has 2 heterocycles. The van der Waals surface area contributed by atoms with E-state index in [-0.39, 0.29) is 23.8 Å². The second-order valence-electron chi connectivity index (χ2n) is 4.98. The highest BCUT2D eigenvalue weighted by Crippen LogP contribution is 2.30. The minimum Gasteiger partial charge on any atom is -0.478 e. The Bertz CT molecular complexity index is 593. The third-order valence-corrected chi connectivity index (χ3v) is 3.62. The number of furan rings is 1. The van der Waals surface area contributed by atoms with Crippen LogP contribution in [0.15, 0.2) is 10.5 Å². The number of carboxylic acids is 1. The molecule has 7 nitrogen and oxygen atoms in total. The lowest BCUT2D eigenvalue weighted by molar-refractivity contribution is -0.132. The van der Waals surface area contributed by atoms with Crippen LogP contribution >= 0.6 is 0 Å². The Morgan fingerprint density at radius 1 is 1.48 bits per heavy atom. The summed E-state index contributed by atoms with van der Waals surface area (Å²) in [7, 11) is 0. The number of rotatable bonds is 4. The first kappa shape index (κ1) is 15.1. The summed E-state index contributed by atoms with van der Waals surface area (Å²) in [6, 6.07) is 3.45. The van der Waals surface area contributed by atoms with Gasteiger partial charge in [0.25, 0.3) is 0 Å². The largest absolute Gasteiger partial charge is 0.478 e. The summed E-state index contributed by atoms with van der Waals surface area (Å²) in [6.45, 7) is 2.36. The molecule has 1 saturated heterocycles. The molecule has 0 aliphatic carbocycles. The molecule has 112 valence electrons. The number of hydrogen-bond acceptors (Lipinski definition) is 5. The van der Waals surface area contributed by atoms with Crippen molar-refractivity contribution in [1.29, 1.82) is 5.26 Å². The van der Waals surface area contributed by atoms with E-state index in [1.165, 1.54) is 6.07 Å². The molecule has 1 aromatic heterocycles. The zero-order chi connectivity index (χ0) is 15.5. The molecule has 2 rings (SSSR count). The van der Waals surface area contributed by atoms with Crippen molar-refractivity contribution in [3.8, 4) is 6.07 Å². The molecule has 1 fully saturated rings. The topological polar surface area (TPSA) is 113 Å². The number of aromatic carboxylic acids is 1. The van der Waals surface area contributed by atoms with Gasteiger partial charge < -0.3 is 19.6 Å². The van der Waals surface area contributed by atoms with E-state index in [0.717, 1.165) is 0 Å². The molecule has 0 unspecified atom stereocenters. The molecule has 21 heavy (non-hydrogen) atoms. The zero-order valence-electron chi connectivity index (χ0n) is 11.6. The Morgan fingerprint density at radius 3 is 2.67 bits per heavy atom. The maximum Gasteiger partial charge on any atom is 0.339 e. The van der Waals surface area contributed by atoms with Gasteiger partial charge in [-0.1, -0.05) is 0 Å². The minimum atomic E-state index is -1.08. The molecule has 0 aromatic carbocycles. The van der Waals surface area contributed by atoms with Crippen molar-refractivity contribution in [3.63, 3.8) is 0 Å². The molecule has 1 amide bonds. The lowest BCUT2D eigenvalue weighted by Gasteiger charge is -2.29. The van der Waals surface area contributed by atoms with Gasteiger partial charge in [0.2, 0.25) is 5.91 Å². The fourth-order valence-electron chi connectivity index (χ4n) is 2.29. The van der Waals surface area contributed by atoms with Crippen molar-refractivity contribution in [2.75, 3.05) is 13.2 Å². The van der Waals surface area contributed by atoms with Crippen LogP contribution in [0.5, 0.6) is 0 Å². The summed E-state index contributed by atoms with van der Waals surface area (Å²) in [6.07, 6.45) is 0.708. The standard InChI is InChI=1S/C14H16N2O5/c1-9-11(12(17)18)6-10(21-9)7-16-13(19)14(8-15)2-4-20-5-3-14/h6H,2-5,7H2,1H3,(H,16,19)(H,17,18). The van der Waals surface area contributed by atoms with Crippen molar-refractivity contribution in [3.05, 3.63) is 23.2 Å². The quantitative estimate of drug-likeness (QED) is 0.862. The van der Waals surface area contributed by atoms with E-state index in [1.54, 1.807) is 6.92 Å². The highest BCUT2D eigenvalue weighted by Gasteiger charge is 2.40. The van der Waals surface area contributed by atoms with Gasteiger partial charge in [0.05, 0.1) is 12.6 Å². The average molecular weight is 292 g/mol. The Labute approximate surface area is 121 Å². The Hall–Kier alpha value is -2.33. The molecule has 1 aliphatic heterocycles. The average Bonchev–Trinajstić information content (AvgIpc) is 2.86. The SMILES string of the molecule is Cc1oc(CNC(=O)C2(C#N)CCOCC2)cc1C(=O)O. The predicted octanol–water partition coefficient (Wildman–Crippen LogP) is 1.22. The van der Waals surface area contributed by atoms with Gasteiger partial charge in [-0.05, 0) is 25.8 Å². The van der Waals surface area contributed by atoms with Gasteiger partial charge in [0.1, 0.15) is 22.5 Å². The summed E-state index contributed by atoms with van der Waals surface area (Å²) in [5, 5.41) is 20.8. The number of aryl methyl sites for hydroxylation is 1. The van der Waals surface area contributed by atoms with Crippen molar-refractivity contribution in [2.45, 2.75) is 26.3 Å². The number of nitrogens with zero attached hydrogens (tertiary/aromatic N) is 1. The van der Waals surface area contributed by atoms with Gasteiger partial charge >= 0.3 is 5.97 Å². The maximum absolute atomic E-state index is 12.2. The highest BCUT2D eigenvalue weighted by atomic mass is 16.5. The molecule has 0 spiro atoms. The first-order valence-electron chi connectivity index (χ1n) is 6.58. The number of carbonyl (C=O) groups excluding carboxylic acids is 1. The van der Waals surface area contributed by atoms with Crippen LogP contribution in [0.25, 0.3) is 0 Å². The van der Waals surface area contributed by atoms with Crippen LogP contribution in [0.2, 0.25) is 0 Å². The van der Waals surface area contributed by atoms with Gasteiger partial charge in [0, 0.05) is 13.2 Å². The summed E-state index contributed by atoms with van der Waals surface area (Å²) >= 11 is 0. The predicted molar refractivity (Wildman–Crippen MR) is 70.4 cm³/mol. The molecule has 0 saturated carbocycles. The van der Waals surface area contributed by atoms with E-state index >= 15 is 0 Å². The second-order valence-corrected chi connectivity index (χ2v) is 4.98. The number of ether oxygens (including phenoxy) is 1. The van der Waals surface area contributed by atoms with Crippen LogP contribution in [0.3, 0.4) is 0 Å². The molecule has 0 radical (unpaired) electrons. The van der Waals surface area contributed by atoms with E-state index in [9.17, 15) is 14.9 Å². The third kappa shape index (κ3) is 3.06. The molecule has 0 bridgehead atoms. The number of hydrogen-bond donors (Lipinski definition) is 2. The fourth-order valence-corrected chi connectivity index (χ4v) is 2.29. The number of carboxylic acid groups (broad SMARTS) is 1. The minimum absolute atomic E-state index is 0.0528. The Kier molecular flexibility index (Phi) is 4.29. The summed E-state index contributed by atoms with van der Waals surface area (Å²) in [4.78, 5) is 23.1. The Morgan fingerprint density at radius 2 is 2.14 bits per heavy atom. The summed E-state index contributed by atoms with van der Waals surface area (Å²) < 4.78 is 10.4. The van der Waals surface area contributed by atoms with Crippen LogP contribution < -0.4 is 5.32 Å². The smallest absolute Gasteiger partial charge is 0.339 e.